The number of carbonyl (C=O) groups is 1. The highest BCUT2D eigenvalue weighted by Gasteiger charge is 2.34. The molecule has 1 aromatic carbocycles. The van der Waals surface area contributed by atoms with E-state index in [0.717, 1.165) is 34.4 Å². The molecule has 0 saturated heterocycles. The van der Waals surface area contributed by atoms with Gasteiger partial charge < -0.3 is 9.88 Å². The molecule has 8 heteroatoms. The topological polar surface area (TPSA) is 54.3 Å². The van der Waals surface area contributed by atoms with Crippen molar-refractivity contribution in [3.05, 3.63) is 69.6 Å². The number of pyridine rings is 1. The summed E-state index contributed by atoms with van der Waals surface area (Å²) in [4.78, 5) is 26.7. The Morgan fingerprint density at radius 1 is 1.10 bits per heavy atom. The molecule has 1 aliphatic carbocycles. The van der Waals surface area contributed by atoms with Crippen molar-refractivity contribution in [1.82, 2.24) is 14.8 Å². The van der Waals surface area contributed by atoms with E-state index in [2.05, 4.69) is 17.3 Å². The number of hydrogen-bond donors (Lipinski definition) is 1. The molecule has 0 atom stereocenters. The molecule has 5 nitrogen and oxygen atoms in total. The number of nitrogens with zero attached hydrogens (tertiary/aromatic N) is 2. The van der Waals surface area contributed by atoms with Gasteiger partial charge in [-0.2, -0.15) is 13.2 Å². The maximum Gasteiger partial charge on any atom is 0.421 e. The molecule has 3 rings (SSSR count). The Morgan fingerprint density at radius 3 is 2.45 bits per heavy atom. The van der Waals surface area contributed by atoms with Gasteiger partial charge in [0.2, 0.25) is 5.91 Å². The lowest BCUT2D eigenvalue weighted by atomic mass is 9.94. The van der Waals surface area contributed by atoms with E-state index in [1.807, 2.05) is 24.3 Å². The summed E-state index contributed by atoms with van der Waals surface area (Å²) in [6, 6.07) is 10.2. The first-order valence-corrected chi connectivity index (χ1v) is 10.6. The highest BCUT2D eigenvalue weighted by molar-refractivity contribution is 5.75. The van der Waals surface area contributed by atoms with Crippen molar-refractivity contribution in [3.8, 4) is 0 Å². The zero-order valence-corrected chi connectivity index (χ0v) is 17.6. The Balaban J connectivity index is 1.62. The minimum atomic E-state index is -4.75. The van der Waals surface area contributed by atoms with Crippen molar-refractivity contribution in [1.29, 1.82) is 0 Å². The third kappa shape index (κ3) is 6.19. The number of carbonyl (C=O) groups excluding carboxylic acids is 1. The van der Waals surface area contributed by atoms with Crippen LogP contribution < -0.4 is 10.9 Å². The first kappa shape index (κ1) is 23.1. The van der Waals surface area contributed by atoms with Crippen LogP contribution in [-0.4, -0.2) is 28.5 Å². The minimum Gasteiger partial charge on any atom is -0.350 e. The first-order valence-electron chi connectivity index (χ1n) is 10.6. The third-order valence-electron chi connectivity index (χ3n) is 5.85. The fourth-order valence-electron chi connectivity index (χ4n) is 4.09. The molecule has 0 spiro atoms. The largest absolute Gasteiger partial charge is 0.421 e. The molecule has 1 N–H and O–H groups in total. The van der Waals surface area contributed by atoms with Gasteiger partial charge in [0.15, 0.2) is 0 Å². The molecule has 1 saturated carbocycles. The lowest BCUT2D eigenvalue weighted by Gasteiger charge is -2.31. The lowest BCUT2D eigenvalue weighted by Crippen LogP contribution is -2.35. The van der Waals surface area contributed by atoms with Crippen LogP contribution in [0.4, 0.5) is 13.2 Å². The summed E-state index contributed by atoms with van der Waals surface area (Å²) in [5.74, 6) is -0.517. The molecule has 0 bridgehead atoms. The number of rotatable bonds is 7. The van der Waals surface area contributed by atoms with Crippen LogP contribution in [0.3, 0.4) is 0 Å². The number of hydrogen-bond acceptors (Lipinski definition) is 3. The second kappa shape index (κ2) is 10.1. The summed E-state index contributed by atoms with van der Waals surface area (Å²) in [6.45, 7) is 0.553. The Kier molecular flexibility index (Phi) is 7.54. The average molecular weight is 435 g/mol. The summed E-state index contributed by atoms with van der Waals surface area (Å²) < 4.78 is 39.5. The van der Waals surface area contributed by atoms with E-state index in [1.54, 1.807) is 0 Å². The zero-order valence-electron chi connectivity index (χ0n) is 17.6. The molecule has 2 aromatic rings. The van der Waals surface area contributed by atoms with Crippen LogP contribution in [0.15, 0.2) is 47.4 Å². The van der Waals surface area contributed by atoms with Crippen LogP contribution in [-0.2, 0) is 30.6 Å². The molecular formula is C23H28F3N3O2. The number of aromatic nitrogens is 1. The zero-order chi connectivity index (χ0) is 22.4. The molecule has 31 heavy (non-hydrogen) atoms. The molecule has 0 unspecified atom stereocenters. The number of benzene rings is 1. The van der Waals surface area contributed by atoms with Gasteiger partial charge in [0.25, 0.3) is 5.56 Å². The van der Waals surface area contributed by atoms with E-state index < -0.39 is 29.8 Å². The number of amides is 1. The molecular weight excluding hydrogens is 407 g/mol. The highest BCUT2D eigenvalue weighted by atomic mass is 19.4. The van der Waals surface area contributed by atoms with Gasteiger partial charge in [0.05, 0.1) is 0 Å². The van der Waals surface area contributed by atoms with Crippen LogP contribution in [0.1, 0.15) is 48.8 Å². The van der Waals surface area contributed by atoms with Crippen LogP contribution >= 0.6 is 0 Å². The Morgan fingerprint density at radius 2 is 1.77 bits per heavy atom. The monoisotopic (exact) mass is 435 g/mol. The smallest absolute Gasteiger partial charge is 0.350 e. The lowest BCUT2D eigenvalue weighted by molar-refractivity contribution is -0.139. The minimum absolute atomic E-state index is 0.251. The maximum absolute atomic E-state index is 12.9. The van der Waals surface area contributed by atoms with E-state index in [4.69, 9.17) is 0 Å². The van der Waals surface area contributed by atoms with E-state index >= 15 is 0 Å². The first-order chi connectivity index (χ1) is 14.8. The molecule has 0 aliphatic heterocycles. The van der Waals surface area contributed by atoms with E-state index in [-0.39, 0.29) is 6.54 Å². The van der Waals surface area contributed by atoms with Crippen molar-refractivity contribution in [2.24, 2.45) is 0 Å². The van der Waals surface area contributed by atoms with Gasteiger partial charge in [-0.05, 0) is 43.1 Å². The van der Waals surface area contributed by atoms with Gasteiger partial charge >= 0.3 is 6.18 Å². The van der Waals surface area contributed by atoms with Crippen LogP contribution in [0, 0.1) is 0 Å². The van der Waals surface area contributed by atoms with Crippen LogP contribution in [0.2, 0.25) is 0 Å². The number of nitrogens with one attached hydrogen (secondary N) is 1. The van der Waals surface area contributed by atoms with Gasteiger partial charge in [-0.25, -0.2) is 0 Å². The summed E-state index contributed by atoms with van der Waals surface area (Å²) in [6.07, 6.45) is 2.62. The van der Waals surface area contributed by atoms with Gasteiger partial charge in [0, 0.05) is 25.3 Å². The average Bonchev–Trinajstić information content (AvgIpc) is 2.74. The molecule has 1 amide bonds. The highest BCUT2D eigenvalue weighted by Crippen LogP contribution is 2.26. The maximum atomic E-state index is 12.9. The van der Waals surface area contributed by atoms with Crippen LogP contribution in [0.5, 0.6) is 0 Å². The van der Waals surface area contributed by atoms with Gasteiger partial charge in [0.1, 0.15) is 12.1 Å². The Hall–Kier alpha value is -2.61. The summed E-state index contributed by atoms with van der Waals surface area (Å²) >= 11 is 0. The number of halogens is 3. The van der Waals surface area contributed by atoms with E-state index in [1.165, 1.54) is 38.3 Å². The fraction of sp³-hybridized carbons (Fsp3) is 0.478. The predicted octanol–water partition coefficient (Wildman–Crippen LogP) is 3.95. The molecule has 1 heterocycles. The second-order valence-corrected chi connectivity index (χ2v) is 8.11. The quantitative estimate of drug-likeness (QED) is 0.717. The van der Waals surface area contributed by atoms with Crippen molar-refractivity contribution in [2.45, 2.75) is 64.0 Å². The SMILES string of the molecule is CN(Cc1ccccc1CNC(=O)Cn1cccc(C(F)(F)F)c1=O)C1CCCCC1. The van der Waals surface area contributed by atoms with Crippen molar-refractivity contribution in [2.75, 3.05) is 7.05 Å². The van der Waals surface area contributed by atoms with Crippen molar-refractivity contribution >= 4 is 5.91 Å². The summed E-state index contributed by atoms with van der Waals surface area (Å²) in [5.41, 5.74) is -0.444. The van der Waals surface area contributed by atoms with Gasteiger partial charge in [-0.15, -0.1) is 0 Å². The second-order valence-electron chi connectivity index (χ2n) is 8.11. The van der Waals surface area contributed by atoms with Gasteiger partial charge in [-0.3, -0.25) is 14.5 Å². The molecule has 1 aliphatic rings. The van der Waals surface area contributed by atoms with Crippen molar-refractivity contribution < 1.29 is 18.0 Å². The molecule has 1 fully saturated rings. The summed E-state index contributed by atoms with van der Waals surface area (Å²) in [7, 11) is 2.12. The van der Waals surface area contributed by atoms with E-state index in [0.29, 0.717) is 6.04 Å². The standard InChI is InChI=1S/C23H28F3N3O2/c1-28(19-10-3-2-4-11-19)15-18-9-6-5-8-17(18)14-27-21(30)16-29-13-7-12-20(22(29)31)23(24,25)26/h5-9,12-13,19H,2-4,10-11,14-16H2,1H3,(H,27,30). The molecule has 1 aromatic heterocycles. The fourth-order valence-corrected chi connectivity index (χ4v) is 4.09. The third-order valence-corrected chi connectivity index (χ3v) is 5.85. The molecule has 0 radical (unpaired) electrons. The summed E-state index contributed by atoms with van der Waals surface area (Å²) in [5, 5.41) is 2.73. The van der Waals surface area contributed by atoms with Crippen molar-refractivity contribution in [3.63, 3.8) is 0 Å². The van der Waals surface area contributed by atoms with Crippen LogP contribution in [0.25, 0.3) is 0 Å². The van der Waals surface area contributed by atoms with E-state index in [9.17, 15) is 22.8 Å². The predicted molar refractivity (Wildman–Crippen MR) is 112 cm³/mol. The Bertz CT molecular complexity index is 950. The van der Waals surface area contributed by atoms with Gasteiger partial charge in [-0.1, -0.05) is 43.5 Å². The Labute approximate surface area is 179 Å². The molecule has 168 valence electrons. The normalized spacial score (nSPS) is 15.3. The number of alkyl halides is 3.